The van der Waals surface area contributed by atoms with Gasteiger partial charge in [0.25, 0.3) is 5.91 Å². The van der Waals surface area contributed by atoms with Gasteiger partial charge in [0.05, 0.1) is 12.8 Å². The van der Waals surface area contributed by atoms with E-state index in [0.29, 0.717) is 10.7 Å². The highest BCUT2D eigenvalue weighted by Crippen LogP contribution is 2.29. The largest absolute Gasteiger partial charge is 0.497 e. The van der Waals surface area contributed by atoms with Crippen molar-refractivity contribution < 1.29 is 9.53 Å². The highest BCUT2D eigenvalue weighted by Gasteiger charge is 2.13. The molecule has 0 saturated carbocycles. The molecule has 0 atom stereocenters. The van der Waals surface area contributed by atoms with Gasteiger partial charge in [0.15, 0.2) is 5.13 Å². The molecule has 0 radical (unpaired) electrons. The van der Waals surface area contributed by atoms with Crippen LogP contribution in [0.4, 0.5) is 5.13 Å². The molecule has 0 aliphatic carbocycles. The zero-order chi connectivity index (χ0) is 18.8. The number of anilines is 1. The molecule has 134 valence electrons. The number of amides is 1. The van der Waals surface area contributed by atoms with Gasteiger partial charge in [-0.3, -0.25) is 10.1 Å². The second-order valence-corrected chi connectivity index (χ2v) is 7.57. The first-order valence-corrected chi connectivity index (χ1v) is 9.91. The molecule has 0 aliphatic heterocycles. The van der Waals surface area contributed by atoms with Gasteiger partial charge >= 0.3 is 0 Å². The van der Waals surface area contributed by atoms with E-state index in [-0.39, 0.29) is 5.91 Å². The van der Waals surface area contributed by atoms with Crippen molar-refractivity contribution in [1.29, 1.82) is 0 Å². The van der Waals surface area contributed by atoms with Crippen molar-refractivity contribution in [3.8, 4) is 17.0 Å². The van der Waals surface area contributed by atoms with E-state index in [1.54, 1.807) is 7.11 Å². The summed E-state index contributed by atoms with van der Waals surface area (Å²) in [6.07, 6.45) is 0. The van der Waals surface area contributed by atoms with Gasteiger partial charge in [-0.25, -0.2) is 4.98 Å². The molecule has 0 saturated heterocycles. The zero-order valence-electron chi connectivity index (χ0n) is 14.4. The molecule has 4 rings (SSSR count). The first-order valence-electron chi connectivity index (χ1n) is 8.24. The summed E-state index contributed by atoms with van der Waals surface area (Å²) < 4.78 is 6.14. The Morgan fingerprint density at radius 2 is 1.78 bits per heavy atom. The van der Waals surface area contributed by atoms with Gasteiger partial charge in [0.1, 0.15) is 5.75 Å². The van der Waals surface area contributed by atoms with Crippen molar-refractivity contribution in [2.24, 2.45) is 0 Å². The molecule has 1 N–H and O–H groups in total. The Balaban J connectivity index is 1.59. The number of nitrogens with zero attached hydrogens (tertiary/aromatic N) is 1. The number of fused-ring (bicyclic) bond motifs is 1. The molecule has 0 bridgehead atoms. The third kappa shape index (κ3) is 3.59. The summed E-state index contributed by atoms with van der Waals surface area (Å²) in [4.78, 5) is 17.3. The van der Waals surface area contributed by atoms with E-state index in [1.807, 2.05) is 66.0 Å². The van der Waals surface area contributed by atoms with Crippen molar-refractivity contribution >= 4 is 49.1 Å². The van der Waals surface area contributed by atoms with Crippen LogP contribution in [-0.2, 0) is 0 Å². The smallest absolute Gasteiger partial charge is 0.258 e. The Morgan fingerprint density at radius 3 is 2.56 bits per heavy atom. The van der Waals surface area contributed by atoms with E-state index in [9.17, 15) is 4.79 Å². The molecular formula is C21H15BrN2O2S. The van der Waals surface area contributed by atoms with Crippen LogP contribution in [0, 0.1) is 0 Å². The number of carbonyl (C=O) groups is 1. The molecule has 27 heavy (non-hydrogen) atoms. The maximum absolute atomic E-state index is 12.8. The molecule has 1 amide bonds. The zero-order valence-corrected chi connectivity index (χ0v) is 16.8. The Kier molecular flexibility index (Phi) is 4.92. The number of hydrogen-bond donors (Lipinski definition) is 1. The van der Waals surface area contributed by atoms with Crippen molar-refractivity contribution in [2.45, 2.75) is 0 Å². The molecule has 1 heterocycles. The summed E-state index contributed by atoms with van der Waals surface area (Å²) in [6.45, 7) is 0. The van der Waals surface area contributed by atoms with Crippen LogP contribution in [0.25, 0.3) is 22.0 Å². The molecule has 4 nitrogen and oxygen atoms in total. The lowest BCUT2D eigenvalue weighted by molar-refractivity contribution is 0.102. The standard InChI is InChI=1S/C21H15BrN2O2S/c1-26-14-10-8-13(9-11-14)19-12-27-21(23-19)24-20(25)17-6-2-5-16-15(17)4-3-7-18(16)22/h2-12H,1H3,(H,23,24,25). The number of hydrogen-bond acceptors (Lipinski definition) is 4. The van der Waals surface area contributed by atoms with E-state index in [4.69, 9.17) is 4.74 Å². The predicted molar refractivity (Wildman–Crippen MR) is 114 cm³/mol. The van der Waals surface area contributed by atoms with E-state index in [1.165, 1.54) is 11.3 Å². The fourth-order valence-corrected chi connectivity index (χ4v) is 4.07. The summed E-state index contributed by atoms with van der Waals surface area (Å²) in [5.41, 5.74) is 2.41. The normalized spacial score (nSPS) is 10.7. The molecule has 0 unspecified atom stereocenters. The minimum atomic E-state index is -0.172. The average molecular weight is 439 g/mol. The van der Waals surface area contributed by atoms with Crippen LogP contribution in [0.15, 0.2) is 70.5 Å². The number of ether oxygens (including phenoxy) is 1. The Bertz CT molecular complexity index is 1120. The first-order chi connectivity index (χ1) is 13.2. The first kappa shape index (κ1) is 17.7. The lowest BCUT2D eigenvalue weighted by Gasteiger charge is -2.07. The quantitative estimate of drug-likeness (QED) is 0.425. The van der Waals surface area contributed by atoms with E-state index >= 15 is 0 Å². The van der Waals surface area contributed by atoms with E-state index in [0.717, 1.165) is 32.3 Å². The van der Waals surface area contributed by atoms with Crippen molar-refractivity contribution in [1.82, 2.24) is 4.98 Å². The number of carbonyl (C=O) groups excluding carboxylic acids is 1. The van der Waals surface area contributed by atoms with Crippen LogP contribution >= 0.6 is 27.3 Å². The van der Waals surface area contributed by atoms with Crippen molar-refractivity contribution in [3.05, 3.63) is 76.1 Å². The molecule has 3 aromatic carbocycles. The Labute approximate surface area is 169 Å². The summed E-state index contributed by atoms with van der Waals surface area (Å²) in [6, 6.07) is 19.2. The molecule has 0 aliphatic rings. The van der Waals surface area contributed by atoms with Crippen LogP contribution in [-0.4, -0.2) is 18.0 Å². The van der Waals surface area contributed by atoms with Gasteiger partial charge in [-0.1, -0.05) is 40.2 Å². The number of halogens is 1. The van der Waals surface area contributed by atoms with Gasteiger partial charge < -0.3 is 4.74 Å². The minimum absolute atomic E-state index is 0.172. The number of benzene rings is 3. The molecule has 0 spiro atoms. The van der Waals surface area contributed by atoms with Crippen molar-refractivity contribution in [2.75, 3.05) is 12.4 Å². The highest BCUT2D eigenvalue weighted by molar-refractivity contribution is 9.10. The van der Waals surface area contributed by atoms with Gasteiger partial charge in [0.2, 0.25) is 0 Å². The summed E-state index contributed by atoms with van der Waals surface area (Å²) in [5, 5.41) is 7.31. The number of thiazole rings is 1. The fraction of sp³-hybridized carbons (Fsp3) is 0.0476. The monoisotopic (exact) mass is 438 g/mol. The number of aromatic nitrogens is 1. The number of rotatable bonds is 4. The van der Waals surface area contributed by atoms with Crippen LogP contribution in [0.5, 0.6) is 5.75 Å². The molecule has 4 aromatic rings. The maximum atomic E-state index is 12.8. The highest BCUT2D eigenvalue weighted by atomic mass is 79.9. The van der Waals surface area contributed by atoms with Crippen LogP contribution < -0.4 is 10.1 Å². The average Bonchev–Trinajstić information content (AvgIpc) is 3.16. The topological polar surface area (TPSA) is 51.2 Å². The second kappa shape index (κ2) is 7.50. The Morgan fingerprint density at radius 1 is 1.04 bits per heavy atom. The third-order valence-electron chi connectivity index (χ3n) is 4.22. The lowest BCUT2D eigenvalue weighted by Crippen LogP contribution is -2.12. The van der Waals surface area contributed by atoms with Crippen LogP contribution in [0.1, 0.15) is 10.4 Å². The van der Waals surface area contributed by atoms with Gasteiger partial charge in [-0.2, -0.15) is 0 Å². The summed E-state index contributed by atoms with van der Waals surface area (Å²) in [5.74, 6) is 0.624. The van der Waals surface area contributed by atoms with Crippen LogP contribution in [0.2, 0.25) is 0 Å². The van der Waals surface area contributed by atoms with E-state index in [2.05, 4.69) is 26.2 Å². The Hall–Kier alpha value is -2.70. The molecule has 1 aromatic heterocycles. The number of nitrogens with one attached hydrogen (secondary N) is 1. The van der Waals surface area contributed by atoms with Gasteiger partial charge in [0, 0.05) is 21.0 Å². The van der Waals surface area contributed by atoms with Gasteiger partial charge in [-0.05, 0) is 47.2 Å². The fourth-order valence-electron chi connectivity index (χ4n) is 2.86. The number of methoxy groups -OCH3 is 1. The lowest BCUT2D eigenvalue weighted by atomic mass is 10.0. The second-order valence-electron chi connectivity index (χ2n) is 5.86. The molecule has 6 heteroatoms. The molecular weight excluding hydrogens is 424 g/mol. The van der Waals surface area contributed by atoms with Crippen molar-refractivity contribution in [3.63, 3.8) is 0 Å². The predicted octanol–water partition coefficient (Wildman–Crippen LogP) is 5.99. The summed E-state index contributed by atoms with van der Waals surface area (Å²) >= 11 is 4.94. The van der Waals surface area contributed by atoms with Crippen LogP contribution in [0.3, 0.4) is 0 Å². The SMILES string of the molecule is COc1ccc(-c2csc(NC(=O)c3cccc4c(Br)cccc34)n2)cc1. The van der Waals surface area contributed by atoms with Gasteiger partial charge in [-0.15, -0.1) is 11.3 Å². The molecule has 0 fully saturated rings. The summed E-state index contributed by atoms with van der Waals surface area (Å²) in [7, 11) is 1.64. The third-order valence-corrected chi connectivity index (χ3v) is 5.67. The minimum Gasteiger partial charge on any atom is -0.497 e. The maximum Gasteiger partial charge on any atom is 0.258 e. The van der Waals surface area contributed by atoms with E-state index < -0.39 is 0 Å².